The van der Waals surface area contributed by atoms with Crippen LogP contribution in [0.3, 0.4) is 0 Å². The van der Waals surface area contributed by atoms with Gasteiger partial charge in [0.05, 0.1) is 18.7 Å². The van der Waals surface area contributed by atoms with E-state index < -0.39 is 12.0 Å². The minimum Gasteiger partial charge on any atom is -0.493 e. The Morgan fingerprint density at radius 3 is 2.61 bits per heavy atom. The summed E-state index contributed by atoms with van der Waals surface area (Å²) < 4.78 is 16.8. The van der Waals surface area contributed by atoms with E-state index in [1.165, 1.54) is 0 Å². The Bertz CT molecular complexity index is 962. The third kappa shape index (κ3) is 5.73. The fourth-order valence-electron chi connectivity index (χ4n) is 3.23. The monoisotopic (exact) mass is 442 g/mol. The molecule has 0 spiro atoms. The van der Waals surface area contributed by atoms with Crippen LogP contribution in [-0.2, 0) is 16.1 Å². The summed E-state index contributed by atoms with van der Waals surface area (Å²) in [5, 5.41) is 5.45. The smallest absolute Gasteiger partial charge is 0.338 e. The Balaban J connectivity index is 1.84. The van der Waals surface area contributed by atoms with Crippen LogP contribution in [-0.4, -0.2) is 37.7 Å². The number of allylic oxidation sites excluding steroid dienone is 1. The minimum absolute atomic E-state index is 0.299. The van der Waals surface area contributed by atoms with E-state index in [1.807, 2.05) is 42.7 Å². The first-order chi connectivity index (χ1) is 15.0. The lowest BCUT2D eigenvalue weighted by Crippen LogP contribution is -2.45. The number of amides is 2. The van der Waals surface area contributed by atoms with Crippen LogP contribution in [0.4, 0.5) is 4.79 Å². The predicted octanol–water partition coefficient (Wildman–Crippen LogP) is 3.81. The van der Waals surface area contributed by atoms with Crippen LogP contribution < -0.4 is 20.1 Å². The van der Waals surface area contributed by atoms with Crippen LogP contribution in [0.2, 0.25) is 0 Å². The second kappa shape index (κ2) is 10.8. The Morgan fingerprint density at radius 1 is 1.13 bits per heavy atom. The SMILES string of the molecule is COc1cc([C@H]2NC(=O)NC(C)=C2C(=O)OCCSC)ccc1OCc1ccccc1. The first-order valence-electron chi connectivity index (χ1n) is 9.82. The number of nitrogens with one attached hydrogen (secondary N) is 2. The predicted molar refractivity (Wildman–Crippen MR) is 120 cm³/mol. The highest BCUT2D eigenvalue weighted by molar-refractivity contribution is 7.98. The maximum absolute atomic E-state index is 12.7. The van der Waals surface area contributed by atoms with Gasteiger partial charge in [-0.25, -0.2) is 9.59 Å². The van der Waals surface area contributed by atoms with E-state index in [9.17, 15) is 9.59 Å². The zero-order valence-electron chi connectivity index (χ0n) is 17.8. The molecule has 0 saturated heterocycles. The minimum atomic E-state index is -0.660. The van der Waals surface area contributed by atoms with E-state index in [2.05, 4.69) is 10.6 Å². The molecule has 0 bridgehead atoms. The summed E-state index contributed by atoms with van der Waals surface area (Å²) >= 11 is 1.59. The number of ether oxygens (including phenoxy) is 3. The molecule has 164 valence electrons. The topological polar surface area (TPSA) is 85.9 Å². The third-order valence-electron chi connectivity index (χ3n) is 4.77. The molecule has 1 aliphatic heterocycles. The van der Waals surface area contributed by atoms with Crippen molar-refractivity contribution in [1.82, 2.24) is 10.6 Å². The van der Waals surface area contributed by atoms with Gasteiger partial charge in [0.2, 0.25) is 0 Å². The molecule has 8 heteroatoms. The number of thioether (sulfide) groups is 1. The highest BCUT2D eigenvalue weighted by atomic mass is 32.2. The van der Waals surface area contributed by atoms with Crippen LogP contribution in [0.5, 0.6) is 11.5 Å². The highest BCUT2D eigenvalue weighted by Gasteiger charge is 2.32. The molecule has 2 N–H and O–H groups in total. The number of carbonyl (C=O) groups is 2. The largest absolute Gasteiger partial charge is 0.493 e. The fourth-order valence-corrected chi connectivity index (χ4v) is 3.48. The second-order valence-corrected chi connectivity index (χ2v) is 7.87. The first-order valence-corrected chi connectivity index (χ1v) is 11.2. The molecule has 0 radical (unpaired) electrons. The average Bonchev–Trinajstić information content (AvgIpc) is 2.77. The lowest BCUT2D eigenvalue weighted by molar-refractivity contribution is -0.138. The Hall–Kier alpha value is -3.13. The van der Waals surface area contributed by atoms with Crippen molar-refractivity contribution >= 4 is 23.8 Å². The van der Waals surface area contributed by atoms with E-state index >= 15 is 0 Å². The number of benzene rings is 2. The molecular weight excluding hydrogens is 416 g/mol. The van der Waals surface area contributed by atoms with Crippen LogP contribution in [0.15, 0.2) is 59.8 Å². The van der Waals surface area contributed by atoms with Crippen LogP contribution in [0.1, 0.15) is 24.1 Å². The molecule has 1 atom stereocenters. The third-order valence-corrected chi connectivity index (χ3v) is 5.34. The maximum atomic E-state index is 12.7. The molecule has 1 heterocycles. The number of hydrogen-bond acceptors (Lipinski definition) is 6. The van der Waals surface area contributed by atoms with Gasteiger partial charge in [-0.3, -0.25) is 0 Å². The molecule has 2 amide bonds. The van der Waals surface area contributed by atoms with Gasteiger partial charge in [-0.05, 0) is 36.4 Å². The Labute approximate surface area is 186 Å². The molecule has 0 saturated carbocycles. The molecule has 0 aliphatic carbocycles. The molecule has 7 nitrogen and oxygen atoms in total. The summed E-state index contributed by atoms with van der Waals surface area (Å²) in [6.45, 7) is 2.38. The van der Waals surface area contributed by atoms with Crippen molar-refractivity contribution in [2.24, 2.45) is 0 Å². The van der Waals surface area contributed by atoms with Crippen molar-refractivity contribution in [2.75, 3.05) is 25.7 Å². The maximum Gasteiger partial charge on any atom is 0.338 e. The van der Waals surface area contributed by atoms with Crippen LogP contribution >= 0.6 is 11.8 Å². The Morgan fingerprint density at radius 2 is 1.90 bits per heavy atom. The summed E-state index contributed by atoms with van der Waals surface area (Å²) in [6, 6.07) is 14.1. The van der Waals surface area contributed by atoms with E-state index in [0.717, 1.165) is 5.56 Å². The molecule has 31 heavy (non-hydrogen) atoms. The number of methoxy groups -OCH3 is 1. The number of hydrogen-bond donors (Lipinski definition) is 2. The molecule has 0 unspecified atom stereocenters. The van der Waals surface area contributed by atoms with Gasteiger partial charge in [0.15, 0.2) is 11.5 Å². The first kappa shape index (κ1) is 22.6. The van der Waals surface area contributed by atoms with Crippen molar-refractivity contribution in [3.63, 3.8) is 0 Å². The number of urea groups is 1. The quantitative estimate of drug-likeness (QED) is 0.454. The summed E-state index contributed by atoms with van der Waals surface area (Å²) in [6.07, 6.45) is 1.94. The molecule has 3 rings (SSSR count). The zero-order chi connectivity index (χ0) is 22.2. The highest BCUT2D eigenvalue weighted by Crippen LogP contribution is 2.35. The van der Waals surface area contributed by atoms with Gasteiger partial charge >= 0.3 is 12.0 Å². The van der Waals surface area contributed by atoms with Gasteiger partial charge in [0.25, 0.3) is 0 Å². The normalized spacial score (nSPS) is 15.7. The molecular formula is C23H26N2O5S. The van der Waals surface area contributed by atoms with Crippen molar-refractivity contribution in [3.8, 4) is 11.5 Å². The van der Waals surface area contributed by atoms with Crippen molar-refractivity contribution in [1.29, 1.82) is 0 Å². The van der Waals surface area contributed by atoms with Gasteiger partial charge in [0.1, 0.15) is 13.2 Å². The molecule has 0 aromatic heterocycles. The van der Waals surface area contributed by atoms with E-state index in [4.69, 9.17) is 14.2 Å². The van der Waals surface area contributed by atoms with Gasteiger partial charge in [-0.1, -0.05) is 36.4 Å². The van der Waals surface area contributed by atoms with Gasteiger partial charge in [-0.15, -0.1) is 0 Å². The van der Waals surface area contributed by atoms with E-state index in [-0.39, 0.29) is 6.03 Å². The van der Waals surface area contributed by atoms with Crippen molar-refractivity contribution in [2.45, 2.75) is 19.6 Å². The van der Waals surface area contributed by atoms with Gasteiger partial charge < -0.3 is 24.8 Å². The average molecular weight is 443 g/mol. The number of rotatable bonds is 9. The number of esters is 1. The lowest BCUT2D eigenvalue weighted by atomic mass is 9.95. The van der Waals surface area contributed by atoms with Crippen molar-refractivity contribution in [3.05, 3.63) is 70.9 Å². The van der Waals surface area contributed by atoms with Crippen LogP contribution in [0.25, 0.3) is 0 Å². The Kier molecular flexibility index (Phi) is 7.83. The van der Waals surface area contributed by atoms with Gasteiger partial charge in [-0.2, -0.15) is 11.8 Å². The van der Waals surface area contributed by atoms with E-state index in [1.54, 1.807) is 37.9 Å². The van der Waals surface area contributed by atoms with Crippen LogP contribution in [0, 0.1) is 0 Å². The van der Waals surface area contributed by atoms with Gasteiger partial charge in [0, 0.05) is 11.4 Å². The summed E-state index contributed by atoms with van der Waals surface area (Å²) in [7, 11) is 1.55. The molecule has 1 aliphatic rings. The zero-order valence-corrected chi connectivity index (χ0v) is 18.6. The number of carbonyl (C=O) groups excluding carboxylic acids is 2. The summed E-state index contributed by atoms with van der Waals surface area (Å²) in [5.41, 5.74) is 2.55. The lowest BCUT2D eigenvalue weighted by Gasteiger charge is -2.28. The fraction of sp³-hybridized carbons (Fsp3) is 0.304. The molecule has 2 aromatic rings. The van der Waals surface area contributed by atoms with E-state index in [0.29, 0.717) is 47.3 Å². The summed E-state index contributed by atoms with van der Waals surface area (Å²) in [4.78, 5) is 24.8. The molecule has 0 fully saturated rings. The molecule has 2 aromatic carbocycles. The second-order valence-electron chi connectivity index (χ2n) is 6.88. The van der Waals surface area contributed by atoms with Crippen molar-refractivity contribution < 1.29 is 23.8 Å². The standard InChI is InChI=1S/C23H26N2O5S/c1-15-20(22(26)29-11-12-31-3)21(25-23(27)24-15)17-9-10-18(19(13-17)28-2)30-14-16-7-5-4-6-8-16/h4-10,13,21H,11-12,14H2,1-3H3,(H2,24,25,27)/t21-/m1/s1. The summed E-state index contributed by atoms with van der Waals surface area (Å²) in [5.74, 6) is 1.31.